The lowest BCUT2D eigenvalue weighted by Crippen LogP contribution is -2.43. The van der Waals surface area contributed by atoms with Crippen molar-refractivity contribution in [2.45, 2.75) is 0 Å². The predicted octanol–water partition coefficient (Wildman–Crippen LogP) is 2.27. The Morgan fingerprint density at radius 1 is 1.29 bits per heavy atom. The van der Waals surface area contributed by atoms with Crippen LogP contribution in [-0.4, -0.2) is 77.0 Å². The molecule has 0 unspecified atom stereocenters. The summed E-state index contributed by atoms with van der Waals surface area (Å²) in [4.78, 5) is 28.1. The number of amides is 1. The lowest BCUT2D eigenvalue weighted by atomic mass is 10.2. The number of aromatic nitrogens is 4. The molecule has 0 radical (unpaired) electrons. The largest absolute Gasteiger partial charge is 0.494 e. The number of ether oxygens (including phenoxy) is 2. The number of rotatable bonds is 8. The second-order valence-electron chi connectivity index (χ2n) is 7.87. The van der Waals surface area contributed by atoms with Crippen molar-refractivity contribution in [2.75, 3.05) is 56.7 Å². The molecular weight excluding hydrogens is 470 g/mol. The van der Waals surface area contributed by atoms with Gasteiger partial charge >= 0.3 is 0 Å². The number of methoxy groups -OCH3 is 1. The van der Waals surface area contributed by atoms with Crippen molar-refractivity contribution < 1.29 is 19.4 Å². The highest BCUT2D eigenvalue weighted by molar-refractivity contribution is 7.12. The third-order valence-electron chi connectivity index (χ3n) is 5.62. The summed E-state index contributed by atoms with van der Waals surface area (Å²) in [6, 6.07) is 3.57. The van der Waals surface area contributed by atoms with Gasteiger partial charge in [0, 0.05) is 68.7 Å². The Morgan fingerprint density at radius 3 is 2.97 bits per heavy atom. The Balaban J connectivity index is 1.35. The maximum Gasteiger partial charge on any atom is 0.275 e. The van der Waals surface area contributed by atoms with Crippen LogP contribution in [0, 0.1) is 0 Å². The molecule has 35 heavy (non-hydrogen) atoms. The monoisotopic (exact) mass is 495 g/mol. The molecule has 1 aliphatic rings. The van der Waals surface area contributed by atoms with E-state index in [4.69, 9.17) is 9.47 Å². The van der Waals surface area contributed by atoms with Gasteiger partial charge < -0.3 is 30.1 Å². The molecule has 12 heteroatoms. The minimum Gasteiger partial charge on any atom is -0.494 e. The lowest BCUT2D eigenvalue weighted by molar-refractivity contribution is 0.102. The molecule has 4 aromatic rings. The molecule has 5 heterocycles. The maximum absolute atomic E-state index is 13.0. The van der Waals surface area contributed by atoms with Crippen LogP contribution in [-0.2, 0) is 4.74 Å². The van der Waals surface area contributed by atoms with E-state index in [0.717, 1.165) is 37.3 Å². The Hall–Kier alpha value is -3.74. The summed E-state index contributed by atoms with van der Waals surface area (Å²) in [6.45, 7) is 4.26. The molecule has 182 valence electrons. The molecule has 0 aromatic carbocycles. The Labute approximate surface area is 205 Å². The van der Waals surface area contributed by atoms with Crippen molar-refractivity contribution in [1.29, 1.82) is 0 Å². The number of anilines is 2. The smallest absolute Gasteiger partial charge is 0.275 e. The third-order valence-corrected chi connectivity index (χ3v) is 6.46. The molecule has 4 aromatic heterocycles. The first kappa shape index (κ1) is 23.0. The van der Waals surface area contributed by atoms with Gasteiger partial charge in [0.1, 0.15) is 12.3 Å². The first-order valence-corrected chi connectivity index (χ1v) is 12.0. The summed E-state index contributed by atoms with van der Waals surface area (Å²) < 4.78 is 12.0. The number of aromatic hydroxyl groups is 1. The molecule has 0 atom stereocenters. The van der Waals surface area contributed by atoms with Gasteiger partial charge in [0.2, 0.25) is 11.8 Å². The van der Waals surface area contributed by atoms with Crippen LogP contribution in [0.4, 0.5) is 11.4 Å². The fourth-order valence-electron chi connectivity index (χ4n) is 3.86. The highest BCUT2D eigenvalue weighted by Gasteiger charge is 2.19. The van der Waals surface area contributed by atoms with Gasteiger partial charge in [0.15, 0.2) is 5.13 Å². The van der Waals surface area contributed by atoms with E-state index in [1.165, 1.54) is 15.9 Å². The Morgan fingerprint density at radius 2 is 2.14 bits per heavy atom. The summed E-state index contributed by atoms with van der Waals surface area (Å²) in [6.07, 6.45) is 6.71. The van der Waals surface area contributed by atoms with Crippen molar-refractivity contribution >= 4 is 39.4 Å². The van der Waals surface area contributed by atoms with Crippen LogP contribution in [0.15, 0.2) is 42.3 Å². The molecule has 0 saturated carbocycles. The van der Waals surface area contributed by atoms with Gasteiger partial charge in [0.05, 0.1) is 29.6 Å². The van der Waals surface area contributed by atoms with Crippen molar-refractivity contribution in [3.05, 3.63) is 48.0 Å². The number of nitrogens with one attached hydrogen (secondary N) is 2. The molecule has 0 bridgehead atoms. The number of hydrogen-bond acceptors (Lipinski definition) is 10. The van der Waals surface area contributed by atoms with E-state index < -0.39 is 0 Å². The van der Waals surface area contributed by atoms with Crippen LogP contribution < -0.4 is 20.3 Å². The quantitative estimate of drug-likeness (QED) is 0.316. The number of carbonyl (C=O) groups excluding carboxylic acids is 1. The molecule has 0 spiro atoms. The average Bonchev–Trinajstić information content (AvgIpc) is 3.50. The van der Waals surface area contributed by atoms with Gasteiger partial charge in [-0.3, -0.25) is 14.3 Å². The fourth-order valence-corrected chi connectivity index (χ4v) is 4.64. The van der Waals surface area contributed by atoms with Gasteiger partial charge in [-0.15, -0.1) is 11.3 Å². The van der Waals surface area contributed by atoms with Crippen LogP contribution in [0.2, 0.25) is 0 Å². The SMILES string of the molecule is COCCOc1cc2c(O)n(-c3nc(C(=O)Nc4cnccc4N4CCNCC4)cs3)cc2cn1. The van der Waals surface area contributed by atoms with E-state index in [1.54, 1.807) is 43.3 Å². The molecule has 1 aliphatic heterocycles. The fraction of sp³-hybridized carbons (Fsp3) is 0.304. The summed E-state index contributed by atoms with van der Waals surface area (Å²) in [7, 11) is 1.59. The molecular formula is C23H25N7O4S. The standard InChI is InChI=1S/C23H25N7O4S/c1-33-8-9-34-20-10-16-15(11-26-20)13-30(22(16)32)23-28-18(14-35-23)21(31)27-17-12-25-3-2-19(17)29-6-4-24-5-7-29/h2-3,10-14,24,32H,4-9H2,1H3,(H,27,31). The number of pyridine rings is 2. The van der Waals surface area contributed by atoms with Crippen LogP contribution >= 0.6 is 11.3 Å². The number of thiazole rings is 1. The zero-order valence-corrected chi connectivity index (χ0v) is 19.9. The van der Waals surface area contributed by atoms with E-state index in [2.05, 4.69) is 30.5 Å². The van der Waals surface area contributed by atoms with Crippen LogP contribution in [0.1, 0.15) is 10.5 Å². The summed E-state index contributed by atoms with van der Waals surface area (Å²) in [5.41, 5.74) is 1.81. The molecule has 11 nitrogen and oxygen atoms in total. The summed E-state index contributed by atoms with van der Waals surface area (Å²) in [5.74, 6) is 0.0377. The molecule has 1 fully saturated rings. The third kappa shape index (κ3) is 4.90. The molecule has 3 N–H and O–H groups in total. The minimum absolute atomic E-state index is 0.00597. The first-order valence-electron chi connectivity index (χ1n) is 11.1. The van der Waals surface area contributed by atoms with E-state index in [1.807, 2.05) is 6.07 Å². The number of fused-ring (bicyclic) bond motifs is 1. The van der Waals surface area contributed by atoms with Gasteiger partial charge in [-0.2, -0.15) is 0 Å². The Bertz CT molecular complexity index is 1330. The van der Waals surface area contributed by atoms with Crippen molar-refractivity contribution in [2.24, 2.45) is 0 Å². The zero-order valence-electron chi connectivity index (χ0n) is 19.1. The van der Waals surface area contributed by atoms with Crippen LogP contribution in [0.5, 0.6) is 11.8 Å². The molecule has 0 aliphatic carbocycles. The number of hydrogen-bond donors (Lipinski definition) is 3. The van der Waals surface area contributed by atoms with E-state index in [-0.39, 0.29) is 17.5 Å². The highest BCUT2D eigenvalue weighted by atomic mass is 32.1. The second-order valence-corrected chi connectivity index (χ2v) is 8.71. The van der Waals surface area contributed by atoms with Crippen molar-refractivity contribution in [3.63, 3.8) is 0 Å². The van der Waals surface area contributed by atoms with Crippen LogP contribution in [0.25, 0.3) is 15.9 Å². The van der Waals surface area contributed by atoms with Crippen molar-refractivity contribution in [1.82, 2.24) is 24.8 Å². The minimum atomic E-state index is -0.344. The van der Waals surface area contributed by atoms with E-state index in [0.29, 0.717) is 35.3 Å². The van der Waals surface area contributed by atoms with Crippen LogP contribution in [0.3, 0.4) is 0 Å². The number of piperazine rings is 1. The first-order chi connectivity index (χ1) is 17.1. The maximum atomic E-state index is 13.0. The normalized spacial score (nSPS) is 13.8. The predicted molar refractivity (Wildman–Crippen MR) is 133 cm³/mol. The topological polar surface area (TPSA) is 127 Å². The van der Waals surface area contributed by atoms with Crippen molar-refractivity contribution in [3.8, 4) is 16.9 Å². The summed E-state index contributed by atoms with van der Waals surface area (Å²) in [5, 5.41) is 20.5. The summed E-state index contributed by atoms with van der Waals surface area (Å²) >= 11 is 1.25. The Kier molecular flexibility index (Phi) is 6.75. The van der Waals surface area contributed by atoms with Gasteiger partial charge in [-0.25, -0.2) is 9.97 Å². The highest BCUT2D eigenvalue weighted by Crippen LogP contribution is 2.33. The second kappa shape index (κ2) is 10.3. The lowest BCUT2D eigenvalue weighted by Gasteiger charge is -2.30. The van der Waals surface area contributed by atoms with Gasteiger partial charge in [0.25, 0.3) is 5.91 Å². The zero-order chi connectivity index (χ0) is 24.2. The number of nitrogens with zero attached hydrogens (tertiary/aromatic N) is 5. The van der Waals surface area contributed by atoms with Gasteiger partial charge in [-0.1, -0.05) is 0 Å². The molecule has 1 saturated heterocycles. The van der Waals surface area contributed by atoms with E-state index in [9.17, 15) is 9.90 Å². The number of carbonyl (C=O) groups is 1. The van der Waals surface area contributed by atoms with Gasteiger partial charge in [-0.05, 0) is 6.07 Å². The average molecular weight is 496 g/mol. The van der Waals surface area contributed by atoms with E-state index >= 15 is 0 Å². The molecule has 5 rings (SSSR count). The molecule has 1 amide bonds.